The van der Waals surface area contributed by atoms with Crippen LogP contribution >= 0.6 is 0 Å². The van der Waals surface area contributed by atoms with Gasteiger partial charge < -0.3 is 0 Å². The molecule has 0 N–H and O–H groups in total. The molecule has 1 aromatic rings. The van der Waals surface area contributed by atoms with Crippen molar-refractivity contribution in [2.24, 2.45) is 4.99 Å². The van der Waals surface area contributed by atoms with E-state index >= 15 is 0 Å². The molecule has 0 bridgehead atoms. The van der Waals surface area contributed by atoms with E-state index in [9.17, 15) is 18.0 Å². The highest BCUT2D eigenvalue weighted by Gasteiger charge is 2.29. The van der Waals surface area contributed by atoms with Crippen LogP contribution < -0.4 is 0 Å². The standard InChI is InChI=1S/C12H12F3NO/c1-8(7-9(2)17)16-11-5-3-10(4-6-11)12(13,14)15/h3-6H,7H2,1-2H3. The molecule has 0 fully saturated rings. The number of carbonyl (C=O) groups is 1. The lowest BCUT2D eigenvalue weighted by Crippen LogP contribution is -2.03. The molecule has 0 heterocycles. The van der Waals surface area contributed by atoms with Crippen LogP contribution in [0, 0.1) is 0 Å². The smallest absolute Gasteiger partial charge is 0.300 e. The minimum atomic E-state index is -4.34. The minimum absolute atomic E-state index is 0.0295. The number of benzene rings is 1. The number of hydrogen-bond acceptors (Lipinski definition) is 2. The van der Waals surface area contributed by atoms with Crippen molar-refractivity contribution in [1.82, 2.24) is 0 Å². The quantitative estimate of drug-likeness (QED) is 0.743. The van der Waals surface area contributed by atoms with E-state index in [-0.39, 0.29) is 12.2 Å². The summed E-state index contributed by atoms with van der Waals surface area (Å²) in [6, 6.07) is 4.51. The van der Waals surface area contributed by atoms with Crippen LogP contribution in [0.4, 0.5) is 18.9 Å². The molecule has 92 valence electrons. The molecular weight excluding hydrogens is 231 g/mol. The van der Waals surface area contributed by atoms with Crippen molar-refractivity contribution in [1.29, 1.82) is 0 Å². The Balaban J connectivity index is 2.85. The van der Waals surface area contributed by atoms with Crippen molar-refractivity contribution in [3.63, 3.8) is 0 Å². The first kappa shape index (κ1) is 13.4. The van der Waals surface area contributed by atoms with Crippen LogP contribution in [0.1, 0.15) is 25.8 Å². The van der Waals surface area contributed by atoms with Crippen LogP contribution in [-0.2, 0) is 11.0 Å². The van der Waals surface area contributed by atoms with E-state index in [4.69, 9.17) is 0 Å². The van der Waals surface area contributed by atoms with Gasteiger partial charge in [-0.2, -0.15) is 13.2 Å². The van der Waals surface area contributed by atoms with Crippen molar-refractivity contribution in [2.75, 3.05) is 0 Å². The molecule has 5 heteroatoms. The summed E-state index contributed by atoms with van der Waals surface area (Å²) < 4.78 is 36.8. The maximum absolute atomic E-state index is 12.3. The highest BCUT2D eigenvalue weighted by Crippen LogP contribution is 2.30. The Labute approximate surface area is 97.2 Å². The van der Waals surface area contributed by atoms with Gasteiger partial charge in [-0.05, 0) is 38.1 Å². The molecule has 0 saturated heterocycles. The average Bonchev–Trinajstić information content (AvgIpc) is 2.15. The topological polar surface area (TPSA) is 29.4 Å². The van der Waals surface area contributed by atoms with Crippen LogP contribution in [0.3, 0.4) is 0 Å². The molecule has 17 heavy (non-hydrogen) atoms. The number of halogens is 3. The molecule has 0 radical (unpaired) electrons. The normalized spacial score (nSPS) is 12.6. The molecule has 1 aromatic carbocycles. The van der Waals surface area contributed by atoms with Gasteiger partial charge in [0.15, 0.2) is 0 Å². The zero-order valence-corrected chi connectivity index (χ0v) is 9.51. The van der Waals surface area contributed by atoms with Gasteiger partial charge in [-0.15, -0.1) is 0 Å². The number of Topliss-reactive ketones (excluding diaryl/α,β-unsaturated/α-hetero) is 1. The molecule has 2 nitrogen and oxygen atoms in total. The van der Waals surface area contributed by atoms with E-state index in [2.05, 4.69) is 4.99 Å². The van der Waals surface area contributed by atoms with Gasteiger partial charge in [0.1, 0.15) is 5.78 Å². The molecule has 0 unspecified atom stereocenters. The monoisotopic (exact) mass is 243 g/mol. The second kappa shape index (κ2) is 5.12. The van der Waals surface area contributed by atoms with Gasteiger partial charge in [0.05, 0.1) is 11.3 Å². The van der Waals surface area contributed by atoms with E-state index in [1.165, 1.54) is 19.1 Å². The Morgan fingerprint density at radius 1 is 1.18 bits per heavy atom. The number of hydrogen-bond donors (Lipinski definition) is 0. The van der Waals surface area contributed by atoms with Crippen molar-refractivity contribution in [2.45, 2.75) is 26.4 Å². The van der Waals surface area contributed by atoms with E-state index < -0.39 is 11.7 Å². The molecule has 0 atom stereocenters. The molecule has 1 rings (SSSR count). The third-order valence-electron chi connectivity index (χ3n) is 2.02. The Kier molecular flexibility index (Phi) is 4.04. The van der Waals surface area contributed by atoms with E-state index in [1.807, 2.05) is 0 Å². The van der Waals surface area contributed by atoms with Crippen molar-refractivity contribution in [3.05, 3.63) is 29.8 Å². The number of rotatable bonds is 3. The molecular formula is C12H12F3NO. The Hall–Kier alpha value is -1.65. The fourth-order valence-electron chi connectivity index (χ4n) is 1.35. The van der Waals surface area contributed by atoms with Crippen LogP contribution in [-0.4, -0.2) is 11.5 Å². The van der Waals surface area contributed by atoms with Crippen LogP contribution in [0.5, 0.6) is 0 Å². The fourth-order valence-corrected chi connectivity index (χ4v) is 1.35. The Bertz CT molecular complexity index is 432. The first-order valence-electron chi connectivity index (χ1n) is 5.00. The zero-order chi connectivity index (χ0) is 13.1. The number of carbonyl (C=O) groups excluding carboxylic acids is 1. The lowest BCUT2D eigenvalue weighted by Gasteiger charge is -2.06. The van der Waals surface area contributed by atoms with Gasteiger partial charge in [-0.1, -0.05) is 0 Å². The zero-order valence-electron chi connectivity index (χ0n) is 9.51. The van der Waals surface area contributed by atoms with Crippen molar-refractivity contribution >= 4 is 17.2 Å². The molecule has 0 saturated carbocycles. The summed E-state index contributed by atoms with van der Waals surface area (Å²) in [4.78, 5) is 14.9. The summed E-state index contributed by atoms with van der Waals surface area (Å²) >= 11 is 0. The summed E-state index contributed by atoms with van der Waals surface area (Å²) in [5, 5.41) is 0. The second-order valence-electron chi connectivity index (χ2n) is 3.77. The SMILES string of the molecule is CC(=O)CC(C)=Nc1ccc(C(F)(F)F)cc1. The van der Waals surface area contributed by atoms with E-state index in [0.29, 0.717) is 11.4 Å². The highest BCUT2D eigenvalue weighted by molar-refractivity contribution is 6.00. The molecule has 0 aliphatic carbocycles. The van der Waals surface area contributed by atoms with Gasteiger partial charge in [-0.25, -0.2) is 0 Å². The van der Waals surface area contributed by atoms with E-state index in [1.54, 1.807) is 6.92 Å². The summed E-state index contributed by atoms with van der Waals surface area (Å²) in [5.41, 5.74) is 0.287. The first-order chi connectivity index (χ1) is 7.79. The van der Waals surface area contributed by atoms with Crippen LogP contribution in [0.15, 0.2) is 29.3 Å². The first-order valence-corrected chi connectivity index (χ1v) is 5.00. The van der Waals surface area contributed by atoms with Crippen LogP contribution in [0.25, 0.3) is 0 Å². The molecule has 0 aromatic heterocycles. The highest BCUT2D eigenvalue weighted by atomic mass is 19.4. The lowest BCUT2D eigenvalue weighted by atomic mass is 10.2. The summed E-state index contributed by atoms with van der Waals surface area (Å²) in [7, 11) is 0. The third kappa shape index (κ3) is 4.38. The van der Waals surface area contributed by atoms with Crippen molar-refractivity contribution < 1.29 is 18.0 Å². The van der Waals surface area contributed by atoms with Gasteiger partial charge in [-0.3, -0.25) is 9.79 Å². The predicted molar refractivity (Wildman–Crippen MR) is 59.5 cm³/mol. The maximum Gasteiger partial charge on any atom is 0.416 e. The summed E-state index contributed by atoms with van der Waals surface area (Å²) in [6.07, 6.45) is -4.13. The average molecular weight is 243 g/mol. The fraction of sp³-hybridized carbons (Fsp3) is 0.333. The third-order valence-corrected chi connectivity index (χ3v) is 2.02. The molecule has 0 aliphatic rings. The second-order valence-corrected chi connectivity index (χ2v) is 3.77. The molecule has 0 spiro atoms. The van der Waals surface area contributed by atoms with E-state index in [0.717, 1.165) is 12.1 Å². The molecule has 0 amide bonds. The van der Waals surface area contributed by atoms with Crippen molar-refractivity contribution in [3.8, 4) is 0 Å². The Morgan fingerprint density at radius 3 is 2.12 bits per heavy atom. The summed E-state index contributed by atoms with van der Waals surface area (Å²) in [5.74, 6) is -0.0295. The predicted octanol–water partition coefficient (Wildman–Crippen LogP) is 3.78. The van der Waals surface area contributed by atoms with Gasteiger partial charge >= 0.3 is 6.18 Å². The summed E-state index contributed by atoms with van der Waals surface area (Å²) in [6.45, 7) is 3.10. The number of ketones is 1. The number of aliphatic imine (C=N–C) groups is 1. The molecule has 0 aliphatic heterocycles. The van der Waals surface area contributed by atoms with Gasteiger partial charge in [0.25, 0.3) is 0 Å². The lowest BCUT2D eigenvalue weighted by molar-refractivity contribution is -0.137. The largest absolute Gasteiger partial charge is 0.416 e. The number of alkyl halides is 3. The Morgan fingerprint density at radius 2 is 1.71 bits per heavy atom. The minimum Gasteiger partial charge on any atom is -0.300 e. The number of nitrogens with zero attached hydrogens (tertiary/aromatic N) is 1. The van der Waals surface area contributed by atoms with Gasteiger partial charge in [0, 0.05) is 12.1 Å². The van der Waals surface area contributed by atoms with Crippen LogP contribution in [0.2, 0.25) is 0 Å². The maximum atomic E-state index is 12.3. The van der Waals surface area contributed by atoms with Gasteiger partial charge in [0.2, 0.25) is 0 Å².